The van der Waals surface area contributed by atoms with Crippen molar-refractivity contribution in [3.63, 3.8) is 0 Å². The zero-order chi connectivity index (χ0) is 20.7. The predicted octanol–water partition coefficient (Wildman–Crippen LogP) is 1.66. The van der Waals surface area contributed by atoms with E-state index in [1.54, 1.807) is 24.3 Å². The third-order valence-corrected chi connectivity index (χ3v) is 5.17. The number of nitrogens with one attached hydrogen (secondary N) is 1. The zero-order valence-electron chi connectivity index (χ0n) is 15.2. The number of esters is 1. The minimum atomic E-state index is -3.96. The third-order valence-electron chi connectivity index (χ3n) is 3.75. The molecule has 0 spiro atoms. The molecule has 8 nitrogen and oxygen atoms in total. The first-order chi connectivity index (χ1) is 13.3. The molecule has 2 aromatic carbocycles. The van der Waals surface area contributed by atoms with Gasteiger partial charge in [-0.3, -0.25) is 9.59 Å². The summed E-state index contributed by atoms with van der Waals surface area (Å²) >= 11 is 0. The van der Waals surface area contributed by atoms with Gasteiger partial charge in [-0.25, -0.2) is 8.42 Å². The van der Waals surface area contributed by atoms with Crippen molar-refractivity contribution in [3.8, 4) is 11.8 Å². The molecule has 0 saturated heterocycles. The number of sulfonamides is 1. The highest BCUT2D eigenvalue weighted by atomic mass is 32.2. The van der Waals surface area contributed by atoms with E-state index in [-0.39, 0.29) is 4.90 Å². The lowest BCUT2D eigenvalue weighted by Gasteiger charge is -2.13. The van der Waals surface area contributed by atoms with Crippen LogP contribution >= 0.6 is 0 Å². The van der Waals surface area contributed by atoms with Crippen molar-refractivity contribution in [2.75, 3.05) is 13.7 Å². The Morgan fingerprint density at radius 3 is 2.25 bits per heavy atom. The topological polar surface area (TPSA) is 123 Å². The van der Waals surface area contributed by atoms with Crippen LogP contribution in [0.3, 0.4) is 0 Å². The summed E-state index contributed by atoms with van der Waals surface area (Å²) in [6.45, 7) is 0.766. The van der Waals surface area contributed by atoms with E-state index < -0.39 is 34.4 Å². The molecule has 9 heteroatoms. The maximum absolute atomic E-state index is 12.3. The molecular weight excluding hydrogens is 384 g/mol. The number of Topliss-reactive ketones (excluding diaryl/α,β-unsaturated/α-hetero) is 1. The number of benzene rings is 2. The lowest BCUT2D eigenvalue weighted by Crippen LogP contribution is -2.34. The summed E-state index contributed by atoms with van der Waals surface area (Å²) in [4.78, 5) is 24.1. The molecule has 0 aromatic heterocycles. The fourth-order valence-electron chi connectivity index (χ4n) is 2.23. The highest BCUT2D eigenvalue weighted by Crippen LogP contribution is 2.14. The van der Waals surface area contributed by atoms with E-state index in [1.165, 1.54) is 38.3 Å². The lowest BCUT2D eigenvalue weighted by atomic mass is 10.1. The van der Waals surface area contributed by atoms with Gasteiger partial charge in [0.05, 0.1) is 23.6 Å². The number of hydrogen-bond donors (Lipinski definition) is 1. The molecular formula is C19H18N2O6S. The van der Waals surface area contributed by atoms with E-state index in [0.29, 0.717) is 16.9 Å². The number of methoxy groups -OCH3 is 1. The summed E-state index contributed by atoms with van der Waals surface area (Å²) in [6.07, 6.45) is -1.08. The molecule has 0 aliphatic heterocycles. The van der Waals surface area contributed by atoms with E-state index in [1.807, 2.05) is 6.07 Å². The maximum Gasteiger partial charge on any atom is 0.321 e. The van der Waals surface area contributed by atoms with Crippen LogP contribution in [-0.4, -0.2) is 39.9 Å². The van der Waals surface area contributed by atoms with Gasteiger partial charge in [0, 0.05) is 5.56 Å². The Morgan fingerprint density at radius 2 is 1.71 bits per heavy atom. The van der Waals surface area contributed by atoms with Crippen molar-refractivity contribution in [3.05, 3.63) is 59.7 Å². The second-order valence-electron chi connectivity index (χ2n) is 5.69. The monoisotopic (exact) mass is 402 g/mol. The molecule has 0 amide bonds. The SMILES string of the molecule is COc1ccc(C(=O)[C@H](C)OC(=O)CNS(=O)(=O)c2ccc(C#N)cc2)cc1. The molecule has 1 N–H and O–H groups in total. The summed E-state index contributed by atoms with van der Waals surface area (Å²) in [7, 11) is -2.46. The van der Waals surface area contributed by atoms with Gasteiger partial charge in [0.2, 0.25) is 15.8 Å². The summed E-state index contributed by atoms with van der Waals surface area (Å²) in [5.74, 6) is -0.740. The van der Waals surface area contributed by atoms with Crippen LogP contribution < -0.4 is 9.46 Å². The number of carbonyl (C=O) groups excluding carboxylic acids is 2. The Balaban J connectivity index is 1.93. The van der Waals surface area contributed by atoms with Crippen molar-refractivity contribution in [2.45, 2.75) is 17.9 Å². The van der Waals surface area contributed by atoms with E-state index in [0.717, 1.165) is 0 Å². The first-order valence-electron chi connectivity index (χ1n) is 8.14. The van der Waals surface area contributed by atoms with Crippen molar-refractivity contribution in [1.82, 2.24) is 4.72 Å². The second kappa shape index (κ2) is 9.12. The molecule has 0 aliphatic carbocycles. The van der Waals surface area contributed by atoms with Gasteiger partial charge in [0.1, 0.15) is 12.3 Å². The van der Waals surface area contributed by atoms with Crippen LogP contribution in [0.1, 0.15) is 22.8 Å². The number of hydrogen-bond acceptors (Lipinski definition) is 7. The Labute approximate surface area is 162 Å². The maximum atomic E-state index is 12.3. The van der Waals surface area contributed by atoms with Gasteiger partial charge in [-0.15, -0.1) is 0 Å². The number of ether oxygens (including phenoxy) is 2. The fourth-order valence-corrected chi connectivity index (χ4v) is 3.20. The predicted molar refractivity (Wildman–Crippen MR) is 99.2 cm³/mol. The smallest absolute Gasteiger partial charge is 0.321 e. The molecule has 0 unspecified atom stereocenters. The summed E-state index contributed by atoms with van der Waals surface area (Å²) in [5.41, 5.74) is 0.642. The van der Waals surface area contributed by atoms with Crippen LogP contribution in [0.4, 0.5) is 0 Å². The summed E-state index contributed by atoms with van der Waals surface area (Å²) in [6, 6.07) is 13.4. The highest BCUT2D eigenvalue weighted by Gasteiger charge is 2.21. The average Bonchev–Trinajstić information content (AvgIpc) is 2.72. The van der Waals surface area contributed by atoms with Crippen LogP contribution in [0.15, 0.2) is 53.4 Å². The fraction of sp³-hybridized carbons (Fsp3) is 0.211. The Kier molecular flexibility index (Phi) is 6.87. The Morgan fingerprint density at radius 1 is 1.11 bits per heavy atom. The molecule has 2 aromatic rings. The number of nitrogens with zero attached hydrogens (tertiary/aromatic N) is 1. The molecule has 0 aliphatic rings. The highest BCUT2D eigenvalue weighted by molar-refractivity contribution is 7.89. The van der Waals surface area contributed by atoms with Crippen LogP contribution in [0.5, 0.6) is 5.75 Å². The van der Waals surface area contributed by atoms with Gasteiger partial charge < -0.3 is 9.47 Å². The van der Waals surface area contributed by atoms with Crippen LogP contribution in [0.2, 0.25) is 0 Å². The van der Waals surface area contributed by atoms with Crippen molar-refractivity contribution >= 4 is 21.8 Å². The van der Waals surface area contributed by atoms with Crippen molar-refractivity contribution in [2.24, 2.45) is 0 Å². The Hall–Kier alpha value is -3.22. The average molecular weight is 402 g/mol. The van der Waals surface area contributed by atoms with Crippen molar-refractivity contribution < 1.29 is 27.5 Å². The van der Waals surface area contributed by atoms with Gasteiger partial charge in [-0.05, 0) is 55.5 Å². The van der Waals surface area contributed by atoms with E-state index >= 15 is 0 Å². The molecule has 0 heterocycles. The van der Waals surface area contributed by atoms with Crippen LogP contribution in [0.25, 0.3) is 0 Å². The molecule has 1 atom stereocenters. The van der Waals surface area contributed by atoms with Crippen LogP contribution in [0, 0.1) is 11.3 Å². The minimum Gasteiger partial charge on any atom is -0.497 e. The van der Waals surface area contributed by atoms with Gasteiger partial charge in [-0.1, -0.05) is 0 Å². The second-order valence-corrected chi connectivity index (χ2v) is 7.45. The van der Waals surface area contributed by atoms with Crippen molar-refractivity contribution in [1.29, 1.82) is 5.26 Å². The third kappa shape index (κ3) is 5.39. The molecule has 0 saturated carbocycles. The van der Waals surface area contributed by atoms with Crippen LogP contribution in [-0.2, 0) is 19.6 Å². The van der Waals surface area contributed by atoms with Gasteiger partial charge >= 0.3 is 5.97 Å². The van der Waals surface area contributed by atoms with E-state index in [9.17, 15) is 18.0 Å². The van der Waals surface area contributed by atoms with Gasteiger partial charge in [0.15, 0.2) is 6.10 Å². The van der Waals surface area contributed by atoms with E-state index in [2.05, 4.69) is 4.72 Å². The van der Waals surface area contributed by atoms with Gasteiger partial charge in [-0.2, -0.15) is 9.98 Å². The summed E-state index contributed by atoms with van der Waals surface area (Å²) < 4.78 is 36.4. The molecule has 0 fully saturated rings. The quantitative estimate of drug-likeness (QED) is 0.526. The van der Waals surface area contributed by atoms with E-state index in [4.69, 9.17) is 14.7 Å². The zero-order valence-corrected chi connectivity index (χ0v) is 16.0. The first kappa shape index (κ1) is 21.1. The minimum absolute atomic E-state index is 0.0957. The number of nitriles is 1. The molecule has 28 heavy (non-hydrogen) atoms. The number of ketones is 1. The largest absolute Gasteiger partial charge is 0.497 e. The molecule has 0 radical (unpaired) electrons. The molecule has 2 rings (SSSR count). The molecule has 146 valence electrons. The standard InChI is InChI=1S/C19H18N2O6S/c1-13(19(23)15-5-7-16(26-2)8-6-15)27-18(22)12-21-28(24,25)17-9-3-14(11-20)4-10-17/h3-10,13,21H,12H2,1-2H3/t13-/m0/s1. The molecule has 0 bridgehead atoms. The summed E-state index contributed by atoms with van der Waals surface area (Å²) in [5, 5.41) is 8.73. The normalized spacial score (nSPS) is 11.9. The number of carbonyl (C=O) groups is 2. The number of rotatable bonds is 8. The van der Waals surface area contributed by atoms with Gasteiger partial charge in [0.25, 0.3) is 0 Å². The first-order valence-corrected chi connectivity index (χ1v) is 9.62. The Bertz CT molecular complexity index is 992. The lowest BCUT2D eigenvalue weighted by molar-refractivity contribution is -0.144.